The number of rotatable bonds is 7. The van der Waals surface area contributed by atoms with Gasteiger partial charge in [-0.15, -0.1) is 0 Å². The van der Waals surface area contributed by atoms with E-state index >= 15 is 0 Å². The van der Waals surface area contributed by atoms with Gasteiger partial charge in [-0.2, -0.15) is 0 Å². The molecule has 0 radical (unpaired) electrons. The normalized spacial score (nSPS) is 16.8. The first-order chi connectivity index (χ1) is 17.7. The van der Waals surface area contributed by atoms with Crippen molar-refractivity contribution in [3.05, 3.63) is 88.5 Å². The first-order valence-corrected chi connectivity index (χ1v) is 12.3. The van der Waals surface area contributed by atoms with Gasteiger partial charge in [0.1, 0.15) is 17.3 Å². The summed E-state index contributed by atoms with van der Waals surface area (Å²) in [5.74, 6) is -1.01. The van der Waals surface area contributed by atoms with E-state index in [9.17, 15) is 19.8 Å². The zero-order chi connectivity index (χ0) is 26.9. The first-order valence-electron chi connectivity index (χ1n) is 12.3. The van der Waals surface area contributed by atoms with E-state index in [2.05, 4.69) is 18.7 Å². The molecule has 1 unspecified atom stereocenters. The largest absolute Gasteiger partial charge is 0.508 e. The predicted molar refractivity (Wildman–Crippen MR) is 145 cm³/mol. The minimum absolute atomic E-state index is 0.00354. The molecule has 2 N–H and O–H groups in total. The summed E-state index contributed by atoms with van der Waals surface area (Å²) < 4.78 is 5.39. The van der Waals surface area contributed by atoms with Gasteiger partial charge in [0.05, 0.1) is 18.7 Å². The van der Waals surface area contributed by atoms with Crippen LogP contribution in [-0.4, -0.2) is 42.1 Å². The van der Waals surface area contributed by atoms with Gasteiger partial charge in [0.15, 0.2) is 0 Å². The van der Waals surface area contributed by atoms with Gasteiger partial charge in [-0.05, 0) is 92.9 Å². The van der Waals surface area contributed by atoms with Crippen LogP contribution in [0.5, 0.6) is 11.5 Å². The van der Waals surface area contributed by atoms with Crippen molar-refractivity contribution in [1.29, 1.82) is 0 Å². The van der Waals surface area contributed by atoms with Crippen LogP contribution < -0.4 is 14.5 Å². The number of ether oxygens (including phenoxy) is 1. The molecule has 0 bridgehead atoms. The van der Waals surface area contributed by atoms with Crippen LogP contribution in [0.3, 0.4) is 0 Å². The highest BCUT2D eigenvalue weighted by molar-refractivity contribution is 6.51. The van der Waals surface area contributed by atoms with E-state index in [1.807, 2.05) is 38.1 Å². The van der Waals surface area contributed by atoms with Crippen LogP contribution in [-0.2, 0) is 9.59 Å². The number of ketones is 1. The van der Waals surface area contributed by atoms with Gasteiger partial charge in [-0.25, -0.2) is 0 Å². The molecule has 1 amide bonds. The number of carbonyl (C=O) groups excluding carboxylic acids is 2. The maximum absolute atomic E-state index is 13.5. The summed E-state index contributed by atoms with van der Waals surface area (Å²) in [5, 5.41) is 21.4. The Labute approximate surface area is 217 Å². The second-order valence-corrected chi connectivity index (χ2v) is 9.09. The Kier molecular flexibility index (Phi) is 7.25. The highest BCUT2D eigenvalue weighted by Crippen LogP contribution is 2.43. The van der Waals surface area contributed by atoms with Crippen molar-refractivity contribution in [3.63, 3.8) is 0 Å². The number of hydrogen-bond donors (Lipinski definition) is 2. The molecule has 0 saturated carbocycles. The van der Waals surface area contributed by atoms with Gasteiger partial charge < -0.3 is 19.8 Å². The Bertz CT molecular complexity index is 1360. The number of aliphatic hydroxyl groups is 1. The molecule has 0 spiro atoms. The number of aryl methyl sites for hydroxylation is 2. The smallest absolute Gasteiger partial charge is 0.300 e. The summed E-state index contributed by atoms with van der Waals surface area (Å²) in [6.45, 7) is 9.49. The van der Waals surface area contributed by atoms with E-state index in [0.717, 1.165) is 24.3 Å². The number of methoxy groups -OCH3 is 1. The monoisotopic (exact) mass is 500 g/mol. The molecule has 0 aromatic heterocycles. The minimum atomic E-state index is -0.873. The van der Waals surface area contributed by atoms with Crippen LogP contribution in [0.4, 0.5) is 11.4 Å². The van der Waals surface area contributed by atoms with Crippen molar-refractivity contribution in [1.82, 2.24) is 0 Å². The Hall–Kier alpha value is -4.26. The molecule has 0 aliphatic carbocycles. The summed E-state index contributed by atoms with van der Waals surface area (Å²) in [6, 6.07) is 16.5. The summed E-state index contributed by atoms with van der Waals surface area (Å²) >= 11 is 0. The maximum Gasteiger partial charge on any atom is 0.300 e. The Morgan fingerprint density at radius 1 is 0.946 bits per heavy atom. The molecule has 3 aromatic rings. The number of hydrogen-bond acceptors (Lipinski definition) is 6. The fourth-order valence-electron chi connectivity index (χ4n) is 4.89. The fourth-order valence-corrected chi connectivity index (χ4v) is 4.89. The summed E-state index contributed by atoms with van der Waals surface area (Å²) in [4.78, 5) is 30.5. The summed E-state index contributed by atoms with van der Waals surface area (Å²) in [6.07, 6.45) is 0. The van der Waals surface area contributed by atoms with E-state index in [1.54, 1.807) is 31.4 Å². The van der Waals surface area contributed by atoms with Gasteiger partial charge in [0, 0.05) is 30.0 Å². The van der Waals surface area contributed by atoms with Gasteiger partial charge >= 0.3 is 0 Å². The quantitative estimate of drug-likeness (QED) is 0.253. The van der Waals surface area contributed by atoms with E-state index in [4.69, 9.17) is 4.74 Å². The van der Waals surface area contributed by atoms with Crippen molar-refractivity contribution in [2.45, 2.75) is 33.7 Å². The van der Waals surface area contributed by atoms with Crippen LogP contribution in [0.15, 0.2) is 66.2 Å². The number of benzene rings is 3. The zero-order valence-corrected chi connectivity index (χ0v) is 21.8. The second kappa shape index (κ2) is 10.4. The van der Waals surface area contributed by atoms with Crippen molar-refractivity contribution >= 4 is 28.8 Å². The molecule has 7 nitrogen and oxygen atoms in total. The molecule has 1 heterocycles. The lowest BCUT2D eigenvalue weighted by molar-refractivity contribution is -0.132. The van der Waals surface area contributed by atoms with Crippen molar-refractivity contribution < 1.29 is 24.5 Å². The molecular formula is C30H32N2O5. The van der Waals surface area contributed by atoms with E-state index in [-0.39, 0.29) is 17.1 Å². The molecule has 4 rings (SSSR count). The fraction of sp³-hybridized carbons (Fsp3) is 0.267. The van der Waals surface area contributed by atoms with E-state index in [1.165, 1.54) is 17.0 Å². The highest BCUT2D eigenvalue weighted by Gasteiger charge is 2.47. The molecule has 1 fully saturated rings. The van der Waals surface area contributed by atoms with Crippen LogP contribution in [0.1, 0.15) is 42.1 Å². The molecule has 7 heteroatoms. The predicted octanol–water partition coefficient (Wildman–Crippen LogP) is 5.49. The highest BCUT2D eigenvalue weighted by atomic mass is 16.5. The lowest BCUT2D eigenvalue weighted by atomic mass is 9.93. The van der Waals surface area contributed by atoms with Crippen LogP contribution in [0.2, 0.25) is 0 Å². The van der Waals surface area contributed by atoms with Crippen molar-refractivity contribution in [2.75, 3.05) is 30.0 Å². The van der Waals surface area contributed by atoms with Crippen LogP contribution in [0.25, 0.3) is 5.76 Å². The Morgan fingerprint density at radius 3 is 2.14 bits per heavy atom. The van der Waals surface area contributed by atoms with Crippen LogP contribution >= 0.6 is 0 Å². The standard InChI is InChI=1S/C30H32N2O5/c1-6-31(7-2)21-10-12-22(13-11-21)32-27(20-8-14-23(33)15-9-20)26(29(35)30(32)36)28(34)24-16-19(4)25(37-5)17-18(24)3/h8-17,27,33-34H,6-7H2,1-5H3/b28-26+. The number of aliphatic hydroxyl groups excluding tert-OH is 1. The number of amides is 1. The average Bonchev–Trinajstić information content (AvgIpc) is 3.16. The molecule has 192 valence electrons. The lowest BCUT2D eigenvalue weighted by Gasteiger charge is -2.27. The first kappa shape index (κ1) is 25.8. The number of nitrogens with zero attached hydrogens (tertiary/aromatic N) is 2. The van der Waals surface area contributed by atoms with Crippen molar-refractivity contribution in [3.8, 4) is 11.5 Å². The van der Waals surface area contributed by atoms with Crippen LogP contribution in [0, 0.1) is 13.8 Å². The Morgan fingerprint density at radius 2 is 1.57 bits per heavy atom. The third-order valence-electron chi connectivity index (χ3n) is 6.91. The number of phenols is 1. The molecular weight excluding hydrogens is 468 g/mol. The van der Waals surface area contributed by atoms with Gasteiger partial charge in [0.25, 0.3) is 11.7 Å². The van der Waals surface area contributed by atoms with Gasteiger partial charge in [-0.1, -0.05) is 12.1 Å². The molecule has 37 heavy (non-hydrogen) atoms. The lowest BCUT2D eigenvalue weighted by Crippen LogP contribution is -2.29. The molecule has 1 atom stereocenters. The number of Topliss-reactive ketones (excluding diaryl/α,β-unsaturated/α-hetero) is 1. The van der Waals surface area contributed by atoms with Gasteiger partial charge in [-0.3, -0.25) is 14.5 Å². The zero-order valence-electron chi connectivity index (χ0n) is 21.8. The van der Waals surface area contributed by atoms with Gasteiger partial charge in [0.2, 0.25) is 0 Å². The average molecular weight is 501 g/mol. The number of anilines is 2. The summed E-state index contributed by atoms with van der Waals surface area (Å²) in [5.41, 5.74) is 4.09. The molecule has 1 saturated heterocycles. The van der Waals surface area contributed by atoms with E-state index < -0.39 is 17.7 Å². The molecule has 1 aliphatic heterocycles. The van der Waals surface area contributed by atoms with Crippen molar-refractivity contribution in [2.24, 2.45) is 0 Å². The number of aromatic hydroxyl groups is 1. The number of carbonyl (C=O) groups is 2. The topological polar surface area (TPSA) is 90.3 Å². The third-order valence-corrected chi connectivity index (χ3v) is 6.91. The third kappa shape index (κ3) is 4.65. The summed E-state index contributed by atoms with van der Waals surface area (Å²) in [7, 11) is 1.57. The number of phenolic OH excluding ortho intramolecular Hbond substituents is 1. The maximum atomic E-state index is 13.5. The van der Waals surface area contributed by atoms with E-state index in [0.29, 0.717) is 28.1 Å². The molecule has 3 aromatic carbocycles. The SMILES string of the molecule is CCN(CC)c1ccc(N2C(=O)C(=O)/C(=C(/O)c3cc(C)c(OC)cc3C)C2c2ccc(O)cc2)cc1. The Balaban J connectivity index is 1.90. The minimum Gasteiger partial charge on any atom is -0.508 e. The molecule has 1 aliphatic rings. The second-order valence-electron chi connectivity index (χ2n) is 9.09.